The van der Waals surface area contributed by atoms with Gasteiger partial charge in [0.1, 0.15) is 0 Å². The topological polar surface area (TPSA) is 68.3 Å². The van der Waals surface area contributed by atoms with Crippen LogP contribution >= 0.6 is 12.2 Å². The fourth-order valence-corrected chi connectivity index (χ4v) is 2.95. The van der Waals surface area contributed by atoms with E-state index >= 15 is 0 Å². The Hall–Kier alpha value is -1.36. The lowest BCUT2D eigenvalue weighted by Crippen LogP contribution is -2.58. The van der Waals surface area contributed by atoms with E-state index in [2.05, 4.69) is 12.2 Å². The molecule has 1 fully saturated rings. The maximum Gasteiger partial charge on any atom is 0.287 e. The van der Waals surface area contributed by atoms with Crippen LogP contribution in [0.25, 0.3) is 0 Å². The molecule has 4 nitrogen and oxygen atoms in total. The Morgan fingerprint density at radius 2 is 2.26 bits per heavy atom. The van der Waals surface area contributed by atoms with Gasteiger partial charge in [0.05, 0.1) is 16.8 Å². The van der Waals surface area contributed by atoms with Crippen molar-refractivity contribution in [3.63, 3.8) is 0 Å². The highest BCUT2D eigenvalue weighted by atomic mass is 32.1. The lowest BCUT2D eigenvalue weighted by atomic mass is 9.75. The van der Waals surface area contributed by atoms with Crippen LogP contribution in [0.2, 0.25) is 0 Å². The zero-order valence-electron chi connectivity index (χ0n) is 11.1. The molecule has 0 radical (unpaired) electrons. The summed E-state index contributed by atoms with van der Waals surface area (Å²) >= 11 is 5.18. The van der Waals surface area contributed by atoms with E-state index in [0.29, 0.717) is 16.7 Å². The van der Waals surface area contributed by atoms with Gasteiger partial charge in [-0.25, -0.2) is 0 Å². The van der Waals surface area contributed by atoms with Gasteiger partial charge in [-0.05, 0) is 43.7 Å². The van der Waals surface area contributed by atoms with Gasteiger partial charge >= 0.3 is 0 Å². The summed E-state index contributed by atoms with van der Waals surface area (Å²) in [6, 6.07) is 3.33. The van der Waals surface area contributed by atoms with E-state index in [-0.39, 0.29) is 5.91 Å². The smallest absolute Gasteiger partial charge is 0.287 e. The zero-order chi connectivity index (χ0) is 13.9. The Balaban J connectivity index is 2.09. The average molecular weight is 280 g/mol. The number of amides is 1. The molecule has 1 aromatic rings. The summed E-state index contributed by atoms with van der Waals surface area (Å²) in [6.45, 7) is 2.19. The zero-order valence-corrected chi connectivity index (χ0v) is 12.0. The van der Waals surface area contributed by atoms with E-state index in [9.17, 15) is 4.79 Å². The second-order valence-electron chi connectivity index (χ2n) is 5.23. The first-order valence-electron chi connectivity index (χ1n) is 6.73. The van der Waals surface area contributed by atoms with E-state index in [1.54, 1.807) is 12.1 Å². The summed E-state index contributed by atoms with van der Waals surface area (Å²) in [6.07, 6.45) is 6.37. The number of carbonyl (C=O) groups is 1. The molecule has 2 rings (SSSR count). The molecule has 1 heterocycles. The van der Waals surface area contributed by atoms with Crippen molar-refractivity contribution in [2.45, 2.75) is 44.6 Å². The fraction of sp³-hybridized carbons (Fsp3) is 0.571. The Labute approximate surface area is 118 Å². The number of rotatable bonds is 4. The Morgan fingerprint density at radius 1 is 1.58 bits per heavy atom. The minimum Gasteiger partial charge on any atom is -0.459 e. The van der Waals surface area contributed by atoms with Crippen LogP contribution in [-0.4, -0.2) is 16.4 Å². The maximum absolute atomic E-state index is 12.1. The maximum atomic E-state index is 12.1. The molecule has 1 aliphatic carbocycles. The summed E-state index contributed by atoms with van der Waals surface area (Å²) in [5.41, 5.74) is 5.33. The van der Waals surface area contributed by atoms with E-state index in [4.69, 9.17) is 22.4 Å². The van der Waals surface area contributed by atoms with Crippen LogP contribution in [0, 0.1) is 5.92 Å². The third-order valence-electron chi connectivity index (χ3n) is 4.11. The summed E-state index contributed by atoms with van der Waals surface area (Å²) in [5.74, 6) is 0.768. The highest BCUT2D eigenvalue weighted by Crippen LogP contribution is 2.34. The normalized spacial score (nSPS) is 26.9. The second-order valence-corrected chi connectivity index (χ2v) is 5.67. The first-order chi connectivity index (χ1) is 9.07. The third kappa shape index (κ3) is 2.97. The fourth-order valence-electron chi connectivity index (χ4n) is 2.70. The first-order valence-corrected chi connectivity index (χ1v) is 7.14. The first kappa shape index (κ1) is 14.1. The van der Waals surface area contributed by atoms with Crippen LogP contribution in [-0.2, 0) is 0 Å². The van der Waals surface area contributed by atoms with E-state index in [0.717, 1.165) is 25.7 Å². The van der Waals surface area contributed by atoms with Crippen molar-refractivity contribution < 1.29 is 9.21 Å². The highest BCUT2D eigenvalue weighted by molar-refractivity contribution is 7.80. The van der Waals surface area contributed by atoms with E-state index in [1.807, 2.05) is 0 Å². The number of hydrogen-bond donors (Lipinski definition) is 2. The average Bonchev–Trinajstić information content (AvgIpc) is 2.93. The predicted molar refractivity (Wildman–Crippen MR) is 77.9 cm³/mol. The second kappa shape index (κ2) is 5.74. The number of furan rings is 1. The number of hydrogen-bond acceptors (Lipinski definition) is 3. The third-order valence-corrected chi connectivity index (χ3v) is 4.50. The van der Waals surface area contributed by atoms with Gasteiger partial charge in [0, 0.05) is 0 Å². The van der Waals surface area contributed by atoms with Gasteiger partial charge in [-0.15, -0.1) is 0 Å². The van der Waals surface area contributed by atoms with Crippen molar-refractivity contribution in [3.05, 3.63) is 24.2 Å². The molecule has 1 aliphatic rings. The lowest BCUT2D eigenvalue weighted by molar-refractivity contribution is 0.0870. The van der Waals surface area contributed by atoms with Gasteiger partial charge in [0.25, 0.3) is 5.91 Å². The van der Waals surface area contributed by atoms with Crippen LogP contribution in [0.15, 0.2) is 22.8 Å². The van der Waals surface area contributed by atoms with Crippen molar-refractivity contribution in [3.8, 4) is 0 Å². The summed E-state index contributed by atoms with van der Waals surface area (Å²) in [5, 5.41) is 2.98. The van der Waals surface area contributed by atoms with Gasteiger partial charge in [-0.3, -0.25) is 4.79 Å². The summed E-state index contributed by atoms with van der Waals surface area (Å²) in [7, 11) is 0. The van der Waals surface area contributed by atoms with Gasteiger partial charge in [-0.2, -0.15) is 0 Å². The molecular formula is C14H20N2O2S. The standard InChI is InChI=1S/C14H20N2O2S/c1-2-10-5-7-14(8-6-10,13(15)19)16-12(17)11-4-3-9-18-11/h3-4,9-10H,2,5-8H2,1H3,(H2,15,19)(H,16,17). The highest BCUT2D eigenvalue weighted by Gasteiger charge is 2.39. The minimum absolute atomic E-state index is 0.243. The van der Waals surface area contributed by atoms with Crippen LogP contribution in [0.4, 0.5) is 0 Å². The van der Waals surface area contributed by atoms with Gasteiger partial charge in [-0.1, -0.05) is 25.6 Å². The van der Waals surface area contributed by atoms with Crippen molar-refractivity contribution >= 4 is 23.1 Å². The van der Waals surface area contributed by atoms with E-state index in [1.165, 1.54) is 12.7 Å². The Morgan fingerprint density at radius 3 is 2.74 bits per heavy atom. The van der Waals surface area contributed by atoms with Crippen LogP contribution in [0.3, 0.4) is 0 Å². The SMILES string of the molecule is CCC1CCC(NC(=O)c2ccco2)(C(N)=S)CC1. The minimum atomic E-state index is -0.551. The lowest BCUT2D eigenvalue weighted by Gasteiger charge is -2.39. The molecule has 0 aromatic carbocycles. The Bertz CT molecular complexity index is 448. The number of nitrogens with two attached hydrogens (primary N) is 1. The van der Waals surface area contributed by atoms with Gasteiger partial charge in [0.15, 0.2) is 5.76 Å². The predicted octanol–water partition coefficient (Wildman–Crippen LogP) is 2.63. The molecule has 0 atom stereocenters. The molecule has 1 aromatic heterocycles. The Kier molecular flexibility index (Phi) is 4.24. The monoisotopic (exact) mass is 280 g/mol. The molecule has 0 bridgehead atoms. The molecule has 1 amide bonds. The quantitative estimate of drug-likeness (QED) is 0.832. The number of carbonyl (C=O) groups excluding carboxylic acids is 1. The summed E-state index contributed by atoms with van der Waals surface area (Å²) in [4.78, 5) is 12.5. The molecule has 3 N–H and O–H groups in total. The molecule has 0 unspecified atom stereocenters. The van der Waals surface area contributed by atoms with Crippen LogP contribution < -0.4 is 11.1 Å². The van der Waals surface area contributed by atoms with Crippen molar-refractivity contribution in [1.29, 1.82) is 0 Å². The molecule has 1 saturated carbocycles. The van der Waals surface area contributed by atoms with Crippen molar-refractivity contribution in [2.24, 2.45) is 11.7 Å². The number of nitrogens with one attached hydrogen (secondary N) is 1. The van der Waals surface area contributed by atoms with E-state index < -0.39 is 5.54 Å². The van der Waals surface area contributed by atoms with Crippen LogP contribution in [0.1, 0.15) is 49.6 Å². The van der Waals surface area contributed by atoms with Gasteiger partial charge in [0.2, 0.25) is 0 Å². The van der Waals surface area contributed by atoms with Crippen molar-refractivity contribution in [1.82, 2.24) is 5.32 Å². The molecular weight excluding hydrogens is 260 g/mol. The van der Waals surface area contributed by atoms with Crippen molar-refractivity contribution in [2.75, 3.05) is 0 Å². The molecule has 0 saturated heterocycles. The molecule has 5 heteroatoms. The summed E-state index contributed by atoms with van der Waals surface area (Å²) < 4.78 is 5.11. The largest absolute Gasteiger partial charge is 0.459 e. The molecule has 0 aliphatic heterocycles. The van der Waals surface area contributed by atoms with Crippen LogP contribution in [0.5, 0.6) is 0 Å². The number of thiocarbonyl (C=S) groups is 1. The van der Waals surface area contributed by atoms with Gasteiger partial charge < -0.3 is 15.5 Å². The molecule has 104 valence electrons. The molecule has 0 spiro atoms. The molecule has 19 heavy (non-hydrogen) atoms.